The van der Waals surface area contributed by atoms with Crippen LogP contribution in [0.5, 0.6) is 0 Å². The molecule has 0 aromatic rings. The molecule has 0 heterocycles. The largest absolute Gasteiger partial charge is 0.481 e. The van der Waals surface area contributed by atoms with Crippen LogP contribution in [0.25, 0.3) is 0 Å². The highest BCUT2D eigenvalue weighted by molar-refractivity contribution is 7.99. The van der Waals surface area contributed by atoms with Gasteiger partial charge in [-0.05, 0) is 37.9 Å². The van der Waals surface area contributed by atoms with E-state index in [0.717, 1.165) is 18.6 Å². The van der Waals surface area contributed by atoms with Crippen molar-refractivity contribution < 1.29 is 14.7 Å². The molecule has 1 saturated carbocycles. The van der Waals surface area contributed by atoms with Gasteiger partial charge in [-0.3, -0.25) is 9.59 Å². The Morgan fingerprint density at radius 3 is 2.58 bits per heavy atom. The predicted molar refractivity (Wildman–Crippen MR) is 78.4 cm³/mol. The van der Waals surface area contributed by atoms with Gasteiger partial charge in [0.1, 0.15) is 0 Å². The number of carbonyl (C=O) groups excluding carboxylic acids is 1. The molecule has 1 N–H and O–H groups in total. The van der Waals surface area contributed by atoms with Crippen molar-refractivity contribution in [1.82, 2.24) is 4.90 Å². The SMILES string of the molecule is CCSC1CCC(N(C)C(=O)CCCCC(=O)O)C1. The number of amides is 1. The predicted octanol–water partition coefficient (Wildman–Crippen LogP) is 2.76. The van der Waals surface area contributed by atoms with Crippen molar-refractivity contribution >= 4 is 23.6 Å². The molecule has 110 valence electrons. The average molecular weight is 287 g/mol. The van der Waals surface area contributed by atoms with Crippen LogP contribution in [0.4, 0.5) is 0 Å². The van der Waals surface area contributed by atoms with E-state index in [1.54, 1.807) is 0 Å². The van der Waals surface area contributed by atoms with Crippen LogP contribution in [-0.2, 0) is 9.59 Å². The molecule has 0 aromatic heterocycles. The Kier molecular flexibility index (Phi) is 7.28. The van der Waals surface area contributed by atoms with Gasteiger partial charge in [0.2, 0.25) is 5.91 Å². The summed E-state index contributed by atoms with van der Waals surface area (Å²) in [6.45, 7) is 2.18. The van der Waals surface area contributed by atoms with Gasteiger partial charge in [-0.15, -0.1) is 0 Å². The number of carboxylic acid groups (broad SMARTS) is 1. The summed E-state index contributed by atoms with van der Waals surface area (Å²) in [5.41, 5.74) is 0. The topological polar surface area (TPSA) is 57.6 Å². The Morgan fingerprint density at radius 1 is 1.26 bits per heavy atom. The van der Waals surface area contributed by atoms with E-state index < -0.39 is 5.97 Å². The third kappa shape index (κ3) is 5.85. The van der Waals surface area contributed by atoms with Gasteiger partial charge in [-0.25, -0.2) is 0 Å². The minimum absolute atomic E-state index is 0.162. The molecule has 1 aliphatic carbocycles. The summed E-state index contributed by atoms with van der Waals surface area (Å²) < 4.78 is 0. The fourth-order valence-corrected chi connectivity index (χ4v) is 3.72. The minimum Gasteiger partial charge on any atom is -0.481 e. The monoisotopic (exact) mass is 287 g/mol. The van der Waals surface area contributed by atoms with Crippen LogP contribution in [-0.4, -0.2) is 46.0 Å². The first-order chi connectivity index (χ1) is 9.04. The van der Waals surface area contributed by atoms with Gasteiger partial charge >= 0.3 is 5.97 Å². The van der Waals surface area contributed by atoms with Crippen LogP contribution in [0, 0.1) is 0 Å². The first-order valence-corrected chi connectivity index (χ1v) is 8.18. The van der Waals surface area contributed by atoms with Crippen LogP contribution >= 0.6 is 11.8 Å². The Bertz CT molecular complexity index is 309. The van der Waals surface area contributed by atoms with Gasteiger partial charge in [0.05, 0.1) is 0 Å². The van der Waals surface area contributed by atoms with Crippen LogP contribution < -0.4 is 0 Å². The van der Waals surface area contributed by atoms with Crippen LogP contribution in [0.1, 0.15) is 51.9 Å². The molecule has 0 radical (unpaired) electrons. The van der Waals surface area contributed by atoms with Gasteiger partial charge in [0.25, 0.3) is 0 Å². The van der Waals surface area contributed by atoms with Crippen molar-refractivity contribution in [2.75, 3.05) is 12.8 Å². The molecule has 4 nitrogen and oxygen atoms in total. The molecule has 1 amide bonds. The van der Waals surface area contributed by atoms with Crippen molar-refractivity contribution in [2.24, 2.45) is 0 Å². The smallest absolute Gasteiger partial charge is 0.303 e. The number of carbonyl (C=O) groups is 2. The van der Waals surface area contributed by atoms with E-state index in [4.69, 9.17) is 5.11 Å². The van der Waals surface area contributed by atoms with Crippen LogP contribution in [0.2, 0.25) is 0 Å². The van der Waals surface area contributed by atoms with E-state index >= 15 is 0 Å². The van der Waals surface area contributed by atoms with Crippen molar-refractivity contribution in [3.63, 3.8) is 0 Å². The molecule has 1 fully saturated rings. The molecule has 0 saturated heterocycles. The second kappa shape index (κ2) is 8.46. The van der Waals surface area contributed by atoms with Crippen molar-refractivity contribution in [1.29, 1.82) is 0 Å². The van der Waals surface area contributed by atoms with Crippen molar-refractivity contribution in [3.8, 4) is 0 Å². The van der Waals surface area contributed by atoms with Crippen LogP contribution in [0.15, 0.2) is 0 Å². The molecule has 2 unspecified atom stereocenters. The fourth-order valence-electron chi connectivity index (χ4n) is 2.59. The van der Waals surface area contributed by atoms with Crippen LogP contribution in [0.3, 0.4) is 0 Å². The van der Waals surface area contributed by atoms with Crippen molar-refractivity contribution in [2.45, 2.75) is 63.2 Å². The summed E-state index contributed by atoms with van der Waals surface area (Å²) in [6.07, 6.45) is 5.33. The number of thioether (sulfide) groups is 1. The molecule has 0 bridgehead atoms. The summed E-state index contributed by atoms with van der Waals surface area (Å²) in [5, 5.41) is 9.25. The third-order valence-corrected chi connectivity index (χ3v) is 4.96. The number of carboxylic acids is 1. The zero-order valence-corrected chi connectivity index (χ0v) is 12.7. The minimum atomic E-state index is -0.781. The third-order valence-electron chi connectivity index (χ3n) is 3.73. The van der Waals surface area contributed by atoms with Gasteiger partial charge in [0.15, 0.2) is 0 Å². The standard InChI is InChI=1S/C14H25NO3S/c1-3-19-12-9-8-11(10-12)15(2)13(16)6-4-5-7-14(17)18/h11-12H,3-10H2,1-2H3,(H,17,18). The maximum atomic E-state index is 12.0. The lowest BCUT2D eigenvalue weighted by Gasteiger charge is -2.24. The summed E-state index contributed by atoms with van der Waals surface area (Å²) >= 11 is 1.99. The molecule has 1 aliphatic rings. The lowest BCUT2D eigenvalue weighted by atomic mass is 10.1. The van der Waals surface area contributed by atoms with Gasteiger partial charge in [0, 0.05) is 31.2 Å². The maximum absolute atomic E-state index is 12.0. The van der Waals surface area contributed by atoms with E-state index in [1.807, 2.05) is 23.7 Å². The normalized spacial score (nSPS) is 22.4. The first kappa shape index (κ1) is 16.3. The zero-order valence-electron chi connectivity index (χ0n) is 11.9. The maximum Gasteiger partial charge on any atom is 0.303 e. The molecule has 0 aliphatic heterocycles. The number of rotatable bonds is 8. The molecular weight excluding hydrogens is 262 g/mol. The lowest BCUT2D eigenvalue weighted by Crippen LogP contribution is -2.35. The quantitative estimate of drug-likeness (QED) is 0.697. The number of aliphatic carboxylic acids is 1. The van der Waals surface area contributed by atoms with Crippen molar-refractivity contribution in [3.05, 3.63) is 0 Å². The van der Waals surface area contributed by atoms with E-state index in [-0.39, 0.29) is 12.3 Å². The van der Waals surface area contributed by atoms with E-state index in [0.29, 0.717) is 30.6 Å². The fraction of sp³-hybridized carbons (Fsp3) is 0.857. The second-order valence-electron chi connectivity index (χ2n) is 5.15. The van der Waals surface area contributed by atoms with E-state index in [2.05, 4.69) is 6.92 Å². The molecule has 1 rings (SSSR count). The summed E-state index contributed by atoms with van der Waals surface area (Å²) in [6, 6.07) is 0.385. The van der Waals surface area contributed by atoms with Gasteiger partial charge < -0.3 is 10.0 Å². The van der Waals surface area contributed by atoms with Gasteiger partial charge in [-0.2, -0.15) is 11.8 Å². The Labute approximate surface area is 119 Å². The highest BCUT2D eigenvalue weighted by atomic mass is 32.2. The summed E-state index contributed by atoms with van der Waals surface area (Å²) in [5.74, 6) is 0.526. The number of hydrogen-bond donors (Lipinski definition) is 1. The van der Waals surface area contributed by atoms with Gasteiger partial charge in [-0.1, -0.05) is 6.92 Å². The molecule has 2 atom stereocenters. The molecule has 19 heavy (non-hydrogen) atoms. The number of nitrogens with zero attached hydrogens (tertiary/aromatic N) is 1. The lowest BCUT2D eigenvalue weighted by molar-refractivity contribution is -0.137. The zero-order chi connectivity index (χ0) is 14.3. The second-order valence-corrected chi connectivity index (χ2v) is 6.73. The Hall–Kier alpha value is -0.710. The highest BCUT2D eigenvalue weighted by Crippen LogP contribution is 2.32. The van der Waals surface area contributed by atoms with E-state index in [1.165, 1.54) is 6.42 Å². The molecule has 5 heteroatoms. The Morgan fingerprint density at radius 2 is 1.95 bits per heavy atom. The number of hydrogen-bond acceptors (Lipinski definition) is 3. The molecular formula is C14H25NO3S. The molecule has 0 spiro atoms. The molecule has 0 aromatic carbocycles. The summed E-state index contributed by atoms with van der Waals surface area (Å²) in [4.78, 5) is 24.3. The Balaban J connectivity index is 2.23. The van der Waals surface area contributed by atoms with E-state index in [9.17, 15) is 9.59 Å². The number of unbranched alkanes of at least 4 members (excludes halogenated alkanes) is 1. The highest BCUT2D eigenvalue weighted by Gasteiger charge is 2.29. The first-order valence-electron chi connectivity index (χ1n) is 7.13. The average Bonchev–Trinajstić information content (AvgIpc) is 2.82. The summed E-state index contributed by atoms with van der Waals surface area (Å²) in [7, 11) is 1.89.